The molecule has 0 bridgehead atoms. The number of aliphatic hydroxyl groups is 3. The predicted molar refractivity (Wildman–Crippen MR) is 114 cm³/mol. The minimum atomic E-state index is -1.13. The van der Waals surface area contributed by atoms with Gasteiger partial charge in [0.1, 0.15) is 18.0 Å². The zero-order chi connectivity index (χ0) is 23.1. The first-order chi connectivity index (χ1) is 14.7. The minimum absolute atomic E-state index is 0. The molecule has 2 aliphatic rings. The molecule has 0 radical (unpaired) electrons. The molecule has 8 heteroatoms. The molecular weight excluding hydrogens is 423 g/mol. The molecule has 7 nitrogen and oxygen atoms in total. The zero-order valence-corrected chi connectivity index (χ0v) is 21.9. The van der Waals surface area contributed by atoms with Crippen LogP contribution in [0.3, 0.4) is 0 Å². The Balaban J connectivity index is 0.00000512. The number of esters is 1. The first-order valence-corrected chi connectivity index (χ1v) is 11.6. The summed E-state index contributed by atoms with van der Waals surface area (Å²) in [5.41, 5.74) is 0.457. The Morgan fingerprint density at radius 2 is 1.78 bits per heavy atom. The summed E-state index contributed by atoms with van der Waals surface area (Å²) in [5.74, 6) is -2.05. The molecule has 5 atom stereocenters. The average Bonchev–Trinajstić information content (AvgIpc) is 2.71. The number of hydrogen-bond acceptors (Lipinski definition) is 7. The van der Waals surface area contributed by atoms with E-state index in [-0.39, 0.29) is 83.6 Å². The quantitative estimate of drug-likeness (QED) is 0.230. The van der Waals surface area contributed by atoms with Crippen molar-refractivity contribution in [2.45, 2.75) is 90.8 Å². The van der Waals surface area contributed by atoms with Crippen LogP contribution in [0.4, 0.5) is 0 Å². The van der Waals surface area contributed by atoms with Crippen LogP contribution < -0.4 is 34.7 Å². The van der Waals surface area contributed by atoms with Gasteiger partial charge in [-0.3, -0.25) is 4.79 Å². The van der Waals surface area contributed by atoms with E-state index in [1.165, 1.54) is 6.08 Å². The van der Waals surface area contributed by atoms with Gasteiger partial charge in [0.2, 0.25) is 0 Å². The van der Waals surface area contributed by atoms with E-state index in [4.69, 9.17) is 4.74 Å². The van der Waals surface area contributed by atoms with Gasteiger partial charge in [-0.2, -0.15) is 0 Å². The van der Waals surface area contributed by atoms with E-state index < -0.39 is 18.2 Å². The molecule has 0 aromatic rings. The summed E-state index contributed by atoms with van der Waals surface area (Å²) in [7, 11) is 0. The Kier molecular flexibility index (Phi) is 12.4. The molecule has 0 aromatic carbocycles. The molecule has 2 aliphatic carbocycles. The van der Waals surface area contributed by atoms with Crippen LogP contribution in [-0.4, -0.2) is 39.5 Å². The van der Waals surface area contributed by atoms with Crippen molar-refractivity contribution in [1.29, 1.82) is 0 Å². The van der Waals surface area contributed by atoms with E-state index in [9.17, 15) is 30.0 Å². The zero-order valence-electron chi connectivity index (χ0n) is 19.9. The smallest absolute Gasteiger partial charge is 0.550 e. The number of aliphatic carboxylic acids is 1. The topological polar surface area (TPSA) is 127 Å². The summed E-state index contributed by atoms with van der Waals surface area (Å²) < 4.78 is 5.88. The van der Waals surface area contributed by atoms with Crippen LogP contribution in [0, 0.1) is 23.7 Å². The summed E-state index contributed by atoms with van der Waals surface area (Å²) in [4.78, 5) is 23.2. The molecule has 0 aliphatic heterocycles. The third kappa shape index (κ3) is 7.24. The van der Waals surface area contributed by atoms with Crippen LogP contribution >= 0.6 is 0 Å². The SMILES string of the molecule is CCC(CC)C(=O)O[C@H]1C[C@H](O)C(O)=C2C=C(O)[C@@H](C)[C@@H](CCCCCCC(=O)[O-])[C@H]21.[Na+]. The maximum absolute atomic E-state index is 12.7. The van der Waals surface area contributed by atoms with Gasteiger partial charge in [0.05, 0.1) is 11.7 Å². The molecule has 0 amide bonds. The number of carbonyl (C=O) groups is 2. The molecule has 3 N–H and O–H groups in total. The number of ether oxygens (including phenoxy) is 1. The third-order valence-corrected chi connectivity index (χ3v) is 6.95. The van der Waals surface area contributed by atoms with Crippen molar-refractivity contribution in [3.63, 3.8) is 0 Å². The molecule has 0 fully saturated rings. The Morgan fingerprint density at radius 3 is 2.38 bits per heavy atom. The molecule has 0 spiro atoms. The van der Waals surface area contributed by atoms with E-state index in [1.807, 2.05) is 20.8 Å². The van der Waals surface area contributed by atoms with E-state index in [1.54, 1.807) is 0 Å². The first kappa shape index (κ1) is 29.0. The van der Waals surface area contributed by atoms with Gasteiger partial charge in [-0.1, -0.05) is 40.0 Å². The van der Waals surface area contributed by atoms with E-state index in [0.29, 0.717) is 24.8 Å². The molecule has 0 saturated carbocycles. The number of rotatable bonds is 11. The maximum atomic E-state index is 12.7. The summed E-state index contributed by atoms with van der Waals surface area (Å²) in [6, 6.07) is 0. The number of aliphatic hydroxyl groups excluding tert-OH is 3. The summed E-state index contributed by atoms with van der Waals surface area (Å²) in [5, 5.41) is 41.9. The van der Waals surface area contributed by atoms with Gasteiger partial charge in [0.25, 0.3) is 0 Å². The molecule has 0 heterocycles. The number of carboxylic acid groups (broad SMARTS) is 1. The second kappa shape index (κ2) is 13.6. The second-order valence-electron chi connectivity index (χ2n) is 8.95. The number of carboxylic acids is 1. The van der Waals surface area contributed by atoms with Crippen LogP contribution in [0.5, 0.6) is 0 Å². The Bertz CT molecular complexity index is 698. The Hall–Kier alpha value is -1.02. The number of hydrogen-bond donors (Lipinski definition) is 3. The van der Waals surface area contributed by atoms with Crippen LogP contribution in [-0.2, 0) is 14.3 Å². The molecular formula is C24H37NaO7. The Labute approximate surface area is 213 Å². The maximum Gasteiger partial charge on any atom is 1.00 e. The molecule has 32 heavy (non-hydrogen) atoms. The van der Waals surface area contributed by atoms with Crippen LogP contribution in [0.25, 0.3) is 0 Å². The van der Waals surface area contributed by atoms with Crippen molar-refractivity contribution in [2.75, 3.05) is 0 Å². The van der Waals surface area contributed by atoms with Gasteiger partial charge >= 0.3 is 35.5 Å². The second-order valence-corrected chi connectivity index (χ2v) is 8.95. The number of allylic oxidation sites excluding steroid dienone is 2. The number of carbonyl (C=O) groups excluding carboxylic acids is 2. The standard InChI is InChI=1S/C24H38O7.Na/c1-4-15(5-2)24(30)31-20-13-19(26)23(29)17-12-18(25)14(3)16(22(17)20)10-8-6-7-9-11-21(27)28;/h12,14-16,19-20,22,25-26,29H,4-11,13H2,1-3H3,(H,27,28);/q;+1/p-1/t14-,16+,19-,20-,22+;/m0./s1. The van der Waals surface area contributed by atoms with E-state index >= 15 is 0 Å². The van der Waals surface area contributed by atoms with Gasteiger partial charge in [-0.15, -0.1) is 0 Å². The monoisotopic (exact) mass is 460 g/mol. The van der Waals surface area contributed by atoms with Crippen LogP contribution in [0.1, 0.15) is 78.6 Å². The summed E-state index contributed by atoms with van der Waals surface area (Å²) >= 11 is 0. The molecule has 0 unspecified atom stereocenters. The van der Waals surface area contributed by atoms with Crippen molar-refractivity contribution in [3.05, 3.63) is 23.2 Å². The molecule has 0 aromatic heterocycles. The van der Waals surface area contributed by atoms with Gasteiger partial charge in [0.15, 0.2) is 0 Å². The van der Waals surface area contributed by atoms with Crippen molar-refractivity contribution < 1.29 is 64.3 Å². The summed E-state index contributed by atoms with van der Waals surface area (Å²) in [6.45, 7) is 5.80. The largest absolute Gasteiger partial charge is 1.00 e. The normalized spacial score (nSPS) is 27.4. The third-order valence-electron chi connectivity index (χ3n) is 6.95. The first-order valence-electron chi connectivity index (χ1n) is 11.6. The van der Waals surface area contributed by atoms with Gasteiger partial charge in [0, 0.05) is 29.8 Å². The van der Waals surface area contributed by atoms with Crippen molar-refractivity contribution in [2.24, 2.45) is 23.7 Å². The molecule has 0 saturated heterocycles. The molecule has 176 valence electrons. The van der Waals surface area contributed by atoms with E-state index in [2.05, 4.69) is 0 Å². The van der Waals surface area contributed by atoms with Crippen molar-refractivity contribution >= 4 is 11.9 Å². The Morgan fingerprint density at radius 1 is 1.16 bits per heavy atom. The number of unbranched alkanes of at least 4 members (excludes halogenated alkanes) is 3. The minimum Gasteiger partial charge on any atom is -0.550 e. The van der Waals surface area contributed by atoms with Crippen molar-refractivity contribution in [1.82, 2.24) is 0 Å². The fourth-order valence-electron chi connectivity index (χ4n) is 4.96. The fraction of sp³-hybridized carbons (Fsp3) is 0.750. The van der Waals surface area contributed by atoms with Crippen LogP contribution in [0.2, 0.25) is 0 Å². The fourth-order valence-corrected chi connectivity index (χ4v) is 4.96. The summed E-state index contributed by atoms with van der Waals surface area (Å²) in [6.07, 6.45) is 5.13. The van der Waals surface area contributed by atoms with Gasteiger partial charge < -0.3 is 30.0 Å². The van der Waals surface area contributed by atoms with Crippen LogP contribution in [0.15, 0.2) is 23.2 Å². The number of fused-ring (bicyclic) bond motifs is 1. The predicted octanol–water partition coefficient (Wildman–Crippen LogP) is 0.330. The van der Waals surface area contributed by atoms with E-state index in [0.717, 1.165) is 25.7 Å². The van der Waals surface area contributed by atoms with Gasteiger partial charge in [-0.05, 0) is 44.1 Å². The molecule has 2 rings (SSSR count). The van der Waals surface area contributed by atoms with Crippen molar-refractivity contribution in [3.8, 4) is 0 Å². The van der Waals surface area contributed by atoms with Gasteiger partial charge in [-0.25, -0.2) is 0 Å². The average molecular weight is 461 g/mol.